The first-order valence-corrected chi connectivity index (χ1v) is 8.89. The lowest BCUT2D eigenvalue weighted by atomic mass is 9.90. The molecule has 2 N–H and O–H groups in total. The summed E-state index contributed by atoms with van der Waals surface area (Å²) in [7, 11) is 1.89. The average molecular weight is 360 g/mol. The van der Waals surface area contributed by atoms with Crippen molar-refractivity contribution < 1.29 is 14.3 Å². The van der Waals surface area contributed by atoms with Crippen molar-refractivity contribution in [3.63, 3.8) is 0 Å². The first-order chi connectivity index (χ1) is 12.5. The molecule has 26 heavy (non-hydrogen) atoms. The van der Waals surface area contributed by atoms with Gasteiger partial charge in [0.05, 0.1) is 6.20 Å². The molecule has 1 aliphatic heterocycles. The average Bonchev–Trinajstić information content (AvgIpc) is 3.13. The Balaban J connectivity index is 1.60. The highest BCUT2D eigenvalue weighted by molar-refractivity contribution is 5.86. The van der Waals surface area contributed by atoms with Crippen LogP contribution in [-0.4, -0.2) is 63.3 Å². The fourth-order valence-electron chi connectivity index (χ4n) is 3.45. The number of aliphatic hydroxyl groups is 1. The van der Waals surface area contributed by atoms with Crippen molar-refractivity contribution in [2.45, 2.75) is 31.4 Å². The summed E-state index contributed by atoms with van der Waals surface area (Å²) in [5.41, 5.74) is 0.132. The molecule has 1 aromatic heterocycles. The van der Waals surface area contributed by atoms with E-state index in [0.29, 0.717) is 31.5 Å². The maximum atomic E-state index is 13.9. The second kappa shape index (κ2) is 7.97. The van der Waals surface area contributed by atoms with E-state index in [1.807, 2.05) is 18.1 Å². The van der Waals surface area contributed by atoms with Gasteiger partial charge in [-0.2, -0.15) is 5.10 Å². The molecule has 1 fully saturated rings. The van der Waals surface area contributed by atoms with Crippen LogP contribution < -0.4 is 0 Å². The monoisotopic (exact) mass is 360 g/mol. The number of H-pyrrole nitrogens is 1. The second-order valence-electron chi connectivity index (χ2n) is 7.05. The number of aromatic nitrogens is 2. The van der Waals surface area contributed by atoms with Crippen LogP contribution in [0, 0.1) is 5.82 Å². The van der Waals surface area contributed by atoms with Crippen molar-refractivity contribution in [1.82, 2.24) is 20.0 Å². The topological polar surface area (TPSA) is 72.5 Å². The smallest absolute Gasteiger partial charge is 0.256 e. The third kappa shape index (κ3) is 4.28. The minimum absolute atomic E-state index is 0.187. The second-order valence-corrected chi connectivity index (χ2v) is 7.05. The summed E-state index contributed by atoms with van der Waals surface area (Å²) < 4.78 is 13.9. The van der Waals surface area contributed by atoms with Gasteiger partial charge in [-0.25, -0.2) is 4.39 Å². The quantitative estimate of drug-likeness (QED) is 0.786. The van der Waals surface area contributed by atoms with E-state index in [-0.39, 0.29) is 24.8 Å². The number of halogens is 1. The first-order valence-electron chi connectivity index (χ1n) is 8.89. The molecule has 1 saturated heterocycles. The van der Waals surface area contributed by atoms with Gasteiger partial charge in [-0.1, -0.05) is 18.2 Å². The third-order valence-electron chi connectivity index (χ3n) is 4.89. The van der Waals surface area contributed by atoms with Crippen molar-refractivity contribution in [3.05, 3.63) is 53.6 Å². The molecule has 2 aromatic rings. The van der Waals surface area contributed by atoms with Crippen molar-refractivity contribution in [2.24, 2.45) is 0 Å². The zero-order valence-electron chi connectivity index (χ0n) is 15.0. The maximum absolute atomic E-state index is 13.9. The van der Waals surface area contributed by atoms with E-state index in [1.54, 1.807) is 29.3 Å². The molecule has 3 rings (SSSR count). The van der Waals surface area contributed by atoms with Gasteiger partial charge in [0.1, 0.15) is 5.82 Å². The number of piperidine rings is 1. The highest BCUT2D eigenvalue weighted by Gasteiger charge is 2.42. The lowest BCUT2D eigenvalue weighted by Gasteiger charge is -2.40. The molecule has 1 aliphatic rings. The normalized spacial score (nSPS) is 20.8. The van der Waals surface area contributed by atoms with Crippen LogP contribution >= 0.6 is 0 Å². The molecule has 0 radical (unpaired) electrons. The molecule has 0 unspecified atom stereocenters. The van der Waals surface area contributed by atoms with Crippen molar-refractivity contribution >= 4 is 5.91 Å². The van der Waals surface area contributed by atoms with Crippen LogP contribution in [0.15, 0.2) is 36.7 Å². The minimum atomic E-state index is -1.42. The molecule has 0 bridgehead atoms. The molecule has 2 heterocycles. The van der Waals surface area contributed by atoms with Gasteiger partial charge in [-0.3, -0.25) is 9.89 Å². The lowest BCUT2D eigenvalue weighted by Crippen LogP contribution is -2.58. The van der Waals surface area contributed by atoms with E-state index in [1.165, 1.54) is 6.07 Å². The van der Waals surface area contributed by atoms with Gasteiger partial charge in [0.25, 0.3) is 5.91 Å². The van der Waals surface area contributed by atoms with Gasteiger partial charge in [-0.05, 0) is 37.9 Å². The number of hydrogen-bond donors (Lipinski definition) is 2. The number of nitrogens with zero attached hydrogens (tertiary/aromatic N) is 3. The van der Waals surface area contributed by atoms with Crippen molar-refractivity contribution in [1.29, 1.82) is 0 Å². The Morgan fingerprint density at radius 3 is 2.96 bits per heavy atom. The standard InChI is InChI=1S/C19H25FN4O2/c1-23(10-7-15-11-21-22-12-15)14-19(26)8-4-9-24(18(19)25)13-16-5-2-3-6-17(16)20/h2-3,5-6,11-12,26H,4,7-10,13-14H2,1H3,(H,21,22)/t19-/m0/s1. The van der Waals surface area contributed by atoms with Crippen molar-refractivity contribution in [3.8, 4) is 0 Å². The van der Waals surface area contributed by atoms with Crippen molar-refractivity contribution in [2.75, 3.05) is 26.7 Å². The maximum Gasteiger partial charge on any atom is 0.256 e. The zero-order chi connectivity index (χ0) is 18.6. The van der Waals surface area contributed by atoms with Gasteiger partial charge < -0.3 is 14.9 Å². The number of nitrogens with one attached hydrogen (secondary N) is 1. The number of likely N-dealkylation sites (tertiary alicyclic amines) is 1. The highest BCUT2D eigenvalue weighted by Crippen LogP contribution is 2.25. The molecule has 7 heteroatoms. The van der Waals surface area contributed by atoms with Crippen LogP contribution in [0.2, 0.25) is 0 Å². The fourth-order valence-corrected chi connectivity index (χ4v) is 3.45. The molecule has 1 atom stereocenters. The molecule has 1 amide bonds. The van der Waals surface area contributed by atoms with Crippen LogP contribution in [0.5, 0.6) is 0 Å². The van der Waals surface area contributed by atoms with Gasteiger partial charge >= 0.3 is 0 Å². The number of carbonyl (C=O) groups is 1. The van der Waals surface area contributed by atoms with E-state index in [0.717, 1.165) is 12.0 Å². The summed E-state index contributed by atoms with van der Waals surface area (Å²) in [6.07, 6.45) is 5.52. The molecule has 0 spiro atoms. The highest BCUT2D eigenvalue weighted by atomic mass is 19.1. The number of rotatable bonds is 7. The lowest BCUT2D eigenvalue weighted by molar-refractivity contribution is -0.159. The fraction of sp³-hybridized carbons (Fsp3) is 0.474. The van der Waals surface area contributed by atoms with Crippen LogP contribution in [0.1, 0.15) is 24.0 Å². The Hall–Kier alpha value is -2.25. The Morgan fingerprint density at radius 2 is 2.23 bits per heavy atom. The number of likely N-dealkylation sites (N-methyl/N-ethyl adjacent to an activating group) is 1. The summed E-state index contributed by atoms with van der Waals surface area (Å²) in [4.78, 5) is 16.4. The van der Waals surface area contributed by atoms with Gasteiger partial charge in [0, 0.05) is 37.9 Å². The summed E-state index contributed by atoms with van der Waals surface area (Å²) in [6, 6.07) is 6.44. The van der Waals surface area contributed by atoms with E-state index in [4.69, 9.17) is 0 Å². The first kappa shape index (κ1) is 18.5. The molecular formula is C19H25FN4O2. The minimum Gasteiger partial charge on any atom is -0.379 e. The van der Waals surface area contributed by atoms with Crippen LogP contribution in [0.3, 0.4) is 0 Å². The SMILES string of the molecule is CN(CCc1cn[nH]c1)C[C@@]1(O)CCCN(Cc2ccccc2F)C1=O. The Labute approximate surface area is 152 Å². The van der Waals surface area contributed by atoms with Crippen LogP contribution in [-0.2, 0) is 17.8 Å². The van der Waals surface area contributed by atoms with Gasteiger partial charge in [0.2, 0.25) is 0 Å². The molecule has 0 aliphatic carbocycles. The largest absolute Gasteiger partial charge is 0.379 e. The Kier molecular flexibility index (Phi) is 5.68. The third-order valence-corrected chi connectivity index (χ3v) is 4.89. The van der Waals surface area contributed by atoms with Gasteiger partial charge in [-0.15, -0.1) is 0 Å². The predicted molar refractivity (Wildman–Crippen MR) is 95.8 cm³/mol. The Morgan fingerprint density at radius 1 is 1.42 bits per heavy atom. The number of aromatic amines is 1. The number of benzene rings is 1. The molecular weight excluding hydrogens is 335 g/mol. The van der Waals surface area contributed by atoms with Gasteiger partial charge in [0.15, 0.2) is 5.60 Å². The van der Waals surface area contributed by atoms with E-state index >= 15 is 0 Å². The predicted octanol–water partition coefficient (Wildman–Crippen LogP) is 1.58. The summed E-state index contributed by atoms with van der Waals surface area (Å²) in [5, 5.41) is 17.6. The van der Waals surface area contributed by atoms with Crippen LogP contribution in [0.4, 0.5) is 4.39 Å². The number of hydrogen-bond acceptors (Lipinski definition) is 4. The molecule has 1 aromatic carbocycles. The number of amides is 1. The summed E-state index contributed by atoms with van der Waals surface area (Å²) >= 11 is 0. The summed E-state index contributed by atoms with van der Waals surface area (Å²) in [5.74, 6) is -0.645. The molecule has 0 saturated carbocycles. The zero-order valence-corrected chi connectivity index (χ0v) is 15.0. The Bertz CT molecular complexity index is 737. The number of carbonyl (C=O) groups excluding carboxylic acids is 1. The molecule has 140 valence electrons. The van der Waals surface area contributed by atoms with E-state index in [9.17, 15) is 14.3 Å². The summed E-state index contributed by atoms with van der Waals surface area (Å²) in [6.45, 7) is 1.70. The molecule has 6 nitrogen and oxygen atoms in total. The van der Waals surface area contributed by atoms with E-state index < -0.39 is 5.60 Å². The van der Waals surface area contributed by atoms with E-state index in [2.05, 4.69) is 10.2 Å². The van der Waals surface area contributed by atoms with Crippen LogP contribution in [0.25, 0.3) is 0 Å².